The van der Waals surface area contributed by atoms with E-state index in [2.05, 4.69) is 16.7 Å². The van der Waals surface area contributed by atoms with E-state index in [-0.39, 0.29) is 0 Å². The van der Waals surface area contributed by atoms with Gasteiger partial charge in [0.1, 0.15) is 5.75 Å². The van der Waals surface area contributed by atoms with E-state index >= 15 is 0 Å². The summed E-state index contributed by atoms with van der Waals surface area (Å²) >= 11 is 1.67. The first-order valence-corrected chi connectivity index (χ1v) is 8.84. The Hall–Kier alpha value is -1.14. The first kappa shape index (κ1) is 14.5. The Labute approximate surface area is 134 Å². The summed E-state index contributed by atoms with van der Waals surface area (Å²) in [7, 11) is 0. The predicted molar refractivity (Wildman–Crippen MR) is 89.5 cm³/mol. The predicted octanol–water partition coefficient (Wildman–Crippen LogP) is 2.47. The smallest absolute Gasteiger partial charge is 0.124 e. The minimum atomic E-state index is 0.318. The minimum absolute atomic E-state index is 0.318. The van der Waals surface area contributed by atoms with Crippen LogP contribution in [0.1, 0.15) is 18.4 Å². The Bertz CT molecular complexity index is 664. The van der Waals surface area contributed by atoms with Crippen LogP contribution in [0.15, 0.2) is 23.6 Å². The third-order valence-electron chi connectivity index (χ3n) is 4.93. The highest BCUT2D eigenvalue weighted by Gasteiger charge is 2.41. The molecule has 5 heteroatoms. The van der Waals surface area contributed by atoms with Crippen molar-refractivity contribution in [3.8, 4) is 5.75 Å². The summed E-state index contributed by atoms with van der Waals surface area (Å²) in [6, 6.07) is 5.98. The van der Waals surface area contributed by atoms with Crippen LogP contribution < -0.4 is 10.6 Å². The normalized spacial score (nSPS) is 28.1. The fraction of sp³-hybridized carbons (Fsp3) is 0.529. The van der Waals surface area contributed by atoms with Crippen molar-refractivity contribution in [2.45, 2.75) is 25.5 Å². The molecule has 22 heavy (non-hydrogen) atoms. The molecule has 0 amide bonds. The number of fused-ring (bicyclic) bond motifs is 1. The van der Waals surface area contributed by atoms with Crippen LogP contribution in [-0.4, -0.2) is 37.5 Å². The minimum Gasteiger partial charge on any atom is -0.507 e. The number of phenols is 1. The Morgan fingerprint density at radius 1 is 1.45 bits per heavy atom. The first-order valence-electron chi connectivity index (χ1n) is 7.96. The molecule has 4 rings (SSSR count). The number of phenolic OH excluding ortho intramolecular Hbond substituents is 1. The third kappa shape index (κ3) is 2.74. The van der Waals surface area contributed by atoms with Crippen LogP contribution in [0, 0.1) is 5.41 Å². The van der Waals surface area contributed by atoms with Crippen LogP contribution in [-0.2, 0) is 11.3 Å². The lowest BCUT2D eigenvalue weighted by molar-refractivity contribution is 0.0966. The number of aromatic hydroxyl groups is 1. The third-order valence-corrected chi connectivity index (χ3v) is 5.79. The SMILES string of the molecule is Oc1cc(CNCC2CC3(CCNC3)CO2)cc2sccc12. The van der Waals surface area contributed by atoms with Gasteiger partial charge in [-0.25, -0.2) is 0 Å². The molecule has 3 heterocycles. The molecule has 1 aromatic heterocycles. The standard InChI is InChI=1S/C17H22N2O2S/c20-15-5-12(6-16-14(15)1-4-22-16)8-19-9-13-7-17(11-21-13)2-3-18-10-17/h1,4-6,13,18-20H,2-3,7-11H2. The van der Waals surface area contributed by atoms with Crippen molar-refractivity contribution in [3.63, 3.8) is 0 Å². The van der Waals surface area contributed by atoms with Gasteiger partial charge in [0.05, 0.1) is 12.7 Å². The van der Waals surface area contributed by atoms with Crippen LogP contribution in [0.5, 0.6) is 5.75 Å². The molecule has 1 aromatic carbocycles. The molecule has 2 aliphatic heterocycles. The molecule has 2 atom stereocenters. The molecule has 118 valence electrons. The van der Waals surface area contributed by atoms with Crippen LogP contribution in [0.2, 0.25) is 0 Å². The lowest BCUT2D eigenvalue weighted by Crippen LogP contribution is -2.28. The number of nitrogens with one attached hydrogen (secondary N) is 2. The molecular formula is C17H22N2O2S. The molecule has 2 unspecified atom stereocenters. The second-order valence-corrected chi connectivity index (χ2v) is 7.59. The van der Waals surface area contributed by atoms with Crippen molar-refractivity contribution in [1.29, 1.82) is 0 Å². The fourth-order valence-corrected chi connectivity index (χ4v) is 4.58. The van der Waals surface area contributed by atoms with Gasteiger partial charge < -0.3 is 20.5 Å². The zero-order valence-corrected chi connectivity index (χ0v) is 13.4. The fourth-order valence-electron chi connectivity index (χ4n) is 3.71. The van der Waals surface area contributed by atoms with Gasteiger partial charge in [-0.15, -0.1) is 11.3 Å². The molecule has 2 aromatic rings. The van der Waals surface area contributed by atoms with Gasteiger partial charge in [-0.2, -0.15) is 0 Å². The second kappa shape index (κ2) is 5.81. The number of hydrogen-bond acceptors (Lipinski definition) is 5. The van der Waals surface area contributed by atoms with E-state index < -0.39 is 0 Å². The highest BCUT2D eigenvalue weighted by Crippen LogP contribution is 2.37. The summed E-state index contributed by atoms with van der Waals surface area (Å²) in [6.45, 7) is 4.78. The lowest BCUT2D eigenvalue weighted by Gasteiger charge is -2.18. The van der Waals surface area contributed by atoms with E-state index in [1.807, 2.05) is 17.5 Å². The van der Waals surface area contributed by atoms with Gasteiger partial charge in [-0.3, -0.25) is 0 Å². The van der Waals surface area contributed by atoms with Gasteiger partial charge in [-0.05, 0) is 48.5 Å². The molecule has 2 fully saturated rings. The highest BCUT2D eigenvalue weighted by molar-refractivity contribution is 7.17. The van der Waals surface area contributed by atoms with Gasteiger partial charge in [0.15, 0.2) is 0 Å². The zero-order chi connectivity index (χ0) is 15.0. The van der Waals surface area contributed by atoms with E-state index in [1.54, 1.807) is 11.3 Å². The average molecular weight is 318 g/mol. The summed E-state index contributed by atoms with van der Waals surface area (Å²) in [5.41, 5.74) is 1.52. The van der Waals surface area contributed by atoms with E-state index in [1.165, 1.54) is 6.42 Å². The maximum absolute atomic E-state index is 10.0. The van der Waals surface area contributed by atoms with Crippen molar-refractivity contribution in [2.24, 2.45) is 5.41 Å². The van der Waals surface area contributed by atoms with Gasteiger partial charge in [-0.1, -0.05) is 0 Å². The van der Waals surface area contributed by atoms with Crippen LogP contribution >= 0.6 is 11.3 Å². The molecule has 2 aliphatic rings. The second-order valence-electron chi connectivity index (χ2n) is 6.64. The van der Waals surface area contributed by atoms with Crippen LogP contribution in [0.25, 0.3) is 10.1 Å². The number of ether oxygens (including phenoxy) is 1. The zero-order valence-electron chi connectivity index (χ0n) is 12.6. The largest absolute Gasteiger partial charge is 0.507 e. The van der Waals surface area contributed by atoms with Gasteiger partial charge >= 0.3 is 0 Å². The molecule has 0 radical (unpaired) electrons. The van der Waals surface area contributed by atoms with Crippen LogP contribution in [0.3, 0.4) is 0 Å². The van der Waals surface area contributed by atoms with Gasteiger partial charge in [0, 0.05) is 35.1 Å². The summed E-state index contributed by atoms with van der Waals surface area (Å²) < 4.78 is 7.10. The number of rotatable bonds is 4. The quantitative estimate of drug-likeness (QED) is 0.810. The van der Waals surface area contributed by atoms with Crippen LogP contribution in [0.4, 0.5) is 0 Å². The van der Waals surface area contributed by atoms with Gasteiger partial charge in [0.25, 0.3) is 0 Å². The number of hydrogen-bond donors (Lipinski definition) is 3. The maximum atomic E-state index is 10.0. The average Bonchev–Trinajstić information content (AvgIpc) is 3.22. The molecule has 2 saturated heterocycles. The number of benzene rings is 1. The van der Waals surface area contributed by atoms with Crippen molar-refractivity contribution in [3.05, 3.63) is 29.1 Å². The summed E-state index contributed by atoms with van der Waals surface area (Å²) in [5.74, 6) is 0.378. The van der Waals surface area contributed by atoms with E-state index in [4.69, 9.17) is 4.74 Å². The summed E-state index contributed by atoms with van der Waals surface area (Å²) in [6.07, 6.45) is 2.72. The van der Waals surface area contributed by atoms with Crippen molar-refractivity contribution in [1.82, 2.24) is 10.6 Å². The molecule has 0 saturated carbocycles. The highest BCUT2D eigenvalue weighted by atomic mass is 32.1. The van der Waals surface area contributed by atoms with E-state index in [0.29, 0.717) is 17.3 Å². The molecule has 0 aliphatic carbocycles. The first-order chi connectivity index (χ1) is 10.7. The van der Waals surface area contributed by atoms with Crippen molar-refractivity contribution in [2.75, 3.05) is 26.2 Å². The van der Waals surface area contributed by atoms with Gasteiger partial charge in [0.2, 0.25) is 0 Å². The molecule has 1 spiro atoms. The number of thiophene rings is 1. The molecule has 0 bridgehead atoms. The van der Waals surface area contributed by atoms with Crippen molar-refractivity contribution >= 4 is 21.4 Å². The topological polar surface area (TPSA) is 53.5 Å². The Balaban J connectivity index is 1.33. The van der Waals surface area contributed by atoms with Crippen molar-refractivity contribution < 1.29 is 9.84 Å². The molecular weight excluding hydrogens is 296 g/mol. The Morgan fingerprint density at radius 2 is 2.41 bits per heavy atom. The van der Waals surface area contributed by atoms with E-state index in [0.717, 1.165) is 54.9 Å². The van der Waals surface area contributed by atoms with E-state index in [9.17, 15) is 5.11 Å². The Kier molecular flexibility index (Phi) is 3.82. The summed E-state index contributed by atoms with van der Waals surface area (Å²) in [4.78, 5) is 0. The Morgan fingerprint density at radius 3 is 3.27 bits per heavy atom. The molecule has 4 nitrogen and oxygen atoms in total. The monoisotopic (exact) mass is 318 g/mol. The summed E-state index contributed by atoms with van der Waals surface area (Å²) in [5, 5.41) is 19.9. The lowest BCUT2D eigenvalue weighted by atomic mass is 9.85. The maximum Gasteiger partial charge on any atom is 0.124 e. The molecule has 3 N–H and O–H groups in total.